The number of rotatable bonds is 9. The van der Waals surface area contributed by atoms with Crippen LogP contribution in [0.4, 0.5) is 0 Å². The fourth-order valence-electron chi connectivity index (χ4n) is 3.15. The number of nitrogens with one attached hydrogen (secondary N) is 1. The van der Waals surface area contributed by atoms with Gasteiger partial charge in [0.05, 0.1) is 18.4 Å². The second kappa shape index (κ2) is 11.1. The van der Waals surface area contributed by atoms with Gasteiger partial charge in [-0.15, -0.1) is 0 Å². The van der Waals surface area contributed by atoms with Crippen molar-refractivity contribution in [1.82, 2.24) is 5.43 Å². The van der Waals surface area contributed by atoms with Gasteiger partial charge in [0.25, 0.3) is 5.91 Å². The summed E-state index contributed by atoms with van der Waals surface area (Å²) in [5.41, 5.74) is 5.84. The highest BCUT2D eigenvalue weighted by molar-refractivity contribution is 5.90. The zero-order chi connectivity index (χ0) is 23.8. The van der Waals surface area contributed by atoms with E-state index >= 15 is 0 Å². The Kier molecular flexibility index (Phi) is 8.02. The fourth-order valence-corrected chi connectivity index (χ4v) is 3.15. The minimum atomic E-state index is -0.371. The molecule has 0 bridgehead atoms. The van der Waals surface area contributed by atoms with Gasteiger partial charge in [-0.2, -0.15) is 5.10 Å². The summed E-state index contributed by atoms with van der Waals surface area (Å²) in [6, 6.07) is 16.4. The van der Waals surface area contributed by atoms with Crippen molar-refractivity contribution in [1.29, 1.82) is 0 Å². The second-order valence-electron chi connectivity index (χ2n) is 7.78. The molecule has 7 heteroatoms. The third-order valence-electron chi connectivity index (χ3n) is 4.84. The molecule has 0 saturated carbocycles. The maximum absolute atomic E-state index is 12.1. The fraction of sp³-hybridized carbons (Fsp3) is 0.269. The van der Waals surface area contributed by atoms with Crippen LogP contribution < -0.4 is 10.2 Å². The molecule has 3 rings (SSSR count). The van der Waals surface area contributed by atoms with Gasteiger partial charge < -0.3 is 13.9 Å². The van der Waals surface area contributed by atoms with Gasteiger partial charge in [0.1, 0.15) is 17.3 Å². The lowest BCUT2D eigenvalue weighted by molar-refractivity contribution is -0.123. The summed E-state index contributed by atoms with van der Waals surface area (Å²) in [7, 11) is 0. The Labute approximate surface area is 193 Å². The molecular weight excluding hydrogens is 420 g/mol. The van der Waals surface area contributed by atoms with Crippen molar-refractivity contribution in [3.05, 3.63) is 77.0 Å². The number of hydrazone groups is 1. The van der Waals surface area contributed by atoms with E-state index in [9.17, 15) is 9.59 Å². The van der Waals surface area contributed by atoms with Crippen LogP contribution in [0, 0.1) is 6.92 Å². The smallest absolute Gasteiger partial charge is 0.338 e. The predicted molar refractivity (Wildman–Crippen MR) is 127 cm³/mol. The SMILES string of the molecule is CCOC(=O)c1ccc(-c2ccc(/C=N/NC(=O)COc3cc(C)ccc3C(C)C)o2)cc1. The highest BCUT2D eigenvalue weighted by Crippen LogP contribution is 2.27. The van der Waals surface area contributed by atoms with Gasteiger partial charge in [0.2, 0.25) is 0 Å². The first-order chi connectivity index (χ1) is 15.9. The van der Waals surface area contributed by atoms with Gasteiger partial charge in [0, 0.05) is 5.56 Å². The molecule has 0 aliphatic heterocycles. The zero-order valence-corrected chi connectivity index (χ0v) is 19.3. The second-order valence-corrected chi connectivity index (χ2v) is 7.78. The first-order valence-corrected chi connectivity index (χ1v) is 10.8. The van der Waals surface area contributed by atoms with E-state index < -0.39 is 0 Å². The van der Waals surface area contributed by atoms with E-state index in [0.717, 1.165) is 16.7 Å². The van der Waals surface area contributed by atoms with Crippen molar-refractivity contribution in [2.24, 2.45) is 5.10 Å². The average Bonchev–Trinajstić information content (AvgIpc) is 3.26. The van der Waals surface area contributed by atoms with Gasteiger partial charge >= 0.3 is 5.97 Å². The molecule has 33 heavy (non-hydrogen) atoms. The van der Waals surface area contributed by atoms with Crippen LogP contribution >= 0.6 is 0 Å². The molecule has 7 nitrogen and oxygen atoms in total. The molecule has 0 fully saturated rings. The largest absolute Gasteiger partial charge is 0.483 e. The highest BCUT2D eigenvalue weighted by Gasteiger charge is 2.11. The van der Waals surface area contributed by atoms with Crippen LogP contribution in [0.15, 0.2) is 64.1 Å². The summed E-state index contributed by atoms with van der Waals surface area (Å²) in [4.78, 5) is 23.9. The van der Waals surface area contributed by atoms with Crippen LogP contribution in [0.5, 0.6) is 5.75 Å². The summed E-state index contributed by atoms with van der Waals surface area (Å²) in [5.74, 6) is 1.34. The van der Waals surface area contributed by atoms with E-state index in [0.29, 0.717) is 29.4 Å². The van der Waals surface area contributed by atoms with Crippen LogP contribution in [0.3, 0.4) is 0 Å². The standard InChI is InChI=1S/C26H28N2O5/c1-5-31-26(30)20-9-7-19(8-10-20)23-13-11-21(33-23)15-27-28-25(29)16-32-24-14-18(4)6-12-22(24)17(2)3/h6-15,17H,5,16H2,1-4H3,(H,28,29)/b27-15+. The summed E-state index contributed by atoms with van der Waals surface area (Å²) in [6.07, 6.45) is 1.42. The number of nitrogens with zero attached hydrogens (tertiary/aromatic N) is 1. The molecule has 0 unspecified atom stereocenters. The van der Waals surface area contributed by atoms with Crippen LogP contribution in [-0.4, -0.2) is 31.3 Å². The van der Waals surface area contributed by atoms with Gasteiger partial charge in [-0.1, -0.05) is 38.1 Å². The van der Waals surface area contributed by atoms with Crippen LogP contribution in [0.1, 0.15) is 53.9 Å². The number of ether oxygens (including phenoxy) is 2. The number of furan rings is 1. The van der Waals surface area contributed by atoms with Crippen molar-refractivity contribution >= 4 is 18.1 Å². The summed E-state index contributed by atoms with van der Waals surface area (Å²) < 4.78 is 16.4. The number of hydrogen-bond donors (Lipinski definition) is 1. The van der Waals surface area contributed by atoms with E-state index in [1.54, 1.807) is 43.3 Å². The van der Waals surface area contributed by atoms with Crippen LogP contribution in [0.25, 0.3) is 11.3 Å². The molecule has 0 saturated heterocycles. The Balaban J connectivity index is 1.54. The normalized spacial score (nSPS) is 11.1. The maximum Gasteiger partial charge on any atom is 0.338 e. The molecule has 172 valence electrons. The van der Waals surface area contributed by atoms with Crippen molar-refractivity contribution in [2.45, 2.75) is 33.6 Å². The maximum atomic E-state index is 12.1. The summed E-state index contributed by atoms with van der Waals surface area (Å²) in [6.45, 7) is 8.09. The van der Waals surface area contributed by atoms with E-state index in [2.05, 4.69) is 24.4 Å². The van der Waals surface area contributed by atoms with Gasteiger partial charge in [-0.25, -0.2) is 10.2 Å². The molecule has 0 aliphatic rings. The molecule has 1 amide bonds. The summed E-state index contributed by atoms with van der Waals surface area (Å²) in [5, 5.41) is 3.93. The molecule has 0 spiro atoms. The number of esters is 1. The van der Waals surface area contributed by atoms with E-state index in [1.807, 2.05) is 25.1 Å². The zero-order valence-electron chi connectivity index (χ0n) is 19.3. The topological polar surface area (TPSA) is 90.1 Å². The first-order valence-electron chi connectivity index (χ1n) is 10.8. The minimum absolute atomic E-state index is 0.142. The number of amides is 1. The predicted octanol–water partition coefficient (Wildman–Crippen LogP) is 5.08. The quantitative estimate of drug-likeness (QED) is 0.280. The van der Waals surface area contributed by atoms with Crippen molar-refractivity contribution in [3.8, 4) is 17.1 Å². The molecule has 0 aliphatic carbocycles. The molecule has 2 aromatic carbocycles. The third-order valence-corrected chi connectivity index (χ3v) is 4.84. The van der Waals surface area contributed by atoms with Gasteiger partial charge in [0.15, 0.2) is 6.61 Å². The Bertz CT molecular complexity index is 1130. The number of carbonyl (C=O) groups is 2. The van der Waals surface area contributed by atoms with E-state index in [-0.39, 0.29) is 24.4 Å². The highest BCUT2D eigenvalue weighted by atomic mass is 16.5. The van der Waals surface area contributed by atoms with E-state index in [1.165, 1.54) is 6.21 Å². The lowest BCUT2D eigenvalue weighted by Gasteiger charge is -2.14. The Hall–Kier alpha value is -3.87. The number of carbonyl (C=O) groups excluding carboxylic acids is 2. The molecule has 3 aromatic rings. The van der Waals surface area contributed by atoms with Crippen molar-refractivity contribution < 1.29 is 23.5 Å². The molecular formula is C26H28N2O5. The minimum Gasteiger partial charge on any atom is -0.483 e. The first kappa shape index (κ1) is 23.8. The number of hydrogen-bond acceptors (Lipinski definition) is 6. The van der Waals surface area contributed by atoms with Crippen LogP contribution in [0.2, 0.25) is 0 Å². The molecule has 0 atom stereocenters. The van der Waals surface area contributed by atoms with Gasteiger partial charge in [-0.3, -0.25) is 4.79 Å². The Morgan fingerprint density at radius 3 is 2.55 bits per heavy atom. The lowest BCUT2D eigenvalue weighted by atomic mass is 10.0. The third kappa shape index (κ3) is 6.55. The monoisotopic (exact) mass is 448 g/mol. The van der Waals surface area contributed by atoms with Crippen LogP contribution in [-0.2, 0) is 9.53 Å². The van der Waals surface area contributed by atoms with E-state index in [4.69, 9.17) is 13.9 Å². The van der Waals surface area contributed by atoms with Crippen molar-refractivity contribution in [2.75, 3.05) is 13.2 Å². The molecule has 1 heterocycles. The number of aryl methyl sites for hydroxylation is 1. The molecule has 0 radical (unpaired) electrons. The Morgan fingerprint density at radius 2 is 1.85 bits per heavy atom. The Morgan fingerprint density at radius 1 is 1.09 bits per heavy atom. The average molecular weight is 449 g/mol. The summed E-state index contributed by atoms with van der Waals surface area (Å²) >= 11 is 0. The molecule has 1 N–H and O–H groups in total. The van der Waals surface area contributed by atoms with Gasteiger partial charge in [-0.05, 0) is 61.2 Å². The number of benzene rings is 2. The lowest BCUT2D eigenvalue weighted by Crippen LogP contribution is -2.24. The molecule has 1 aromatic heterocycles. The van der Waals surface area contributed by atoms with Crippen molar-refractivity contribution in [3.63, 3.8) is 0 Å².